The molecule has 3 N–H and O–H groups in total. The van der Waals surface area contributed by atoms with E-state index in [2.05, 4.69) is 10.00 Å². The van der Waals surface area contributed by atoms with Crippen molar-refractivity contribution in [3.8, 4) is 0 Å². The summed E-state index contributed by atoms with van der Waals surface area (Å²) >= 11 is 6.24. The number of rotatable bonds is 4. The van der Waals surface area contributed by atoms with Crippen LogP contribution in [0.2, 0.25) is 5.15 Å². The summed E-state index contributed by atoms with van der Waals surface area (Å²) in [5.41, 5.74) is 9.16. The fourth-order valence-electron chi connectivity index (χ4n) is 2.08. The van der Waals surface area contributed by atoms with Crippen LogP contribution in [0.4, 0.5) is 5.69 Å². The maximum absolute atomic E-state index is 7.39. The van der Waals surface area contributed by atoms with Gasteiger partial charge in [-0.25, -0.2) is 0 Å². The first-order valence-corrected chi connectivity index (χ1v) is 6.61. The van der Waals surface area contributed by atoms with Crippen molar-refractivity contribution in [2.45, 2.75) is 13.5 Å². The van der Waals surface area contributed by atoms with Crippen LogP contribution in [0.3, 0.4) is 0 Å². The first-order chi connectivity index (χ1) is 9.40. The molecule has 0 aliphatic heterocycles. The second-order valence-electron chi connectivity index (χ2n) is 4.79. The van der Waals surface area contributed by atoms with Gasteiger partial charge in [-0.1, -0.05) is 11.6 Å². The standard InChI is InChI=1S/C14H18ClN5/c1-9-12(13(15)20(3)18-9)8-19(2)11-6-4-10(5-7-11)14(16)17/h4-7H,8H2,1-3H3,(H3,16,17). The minimum absolute atomic E-state index is 0.0744. The number of nitrogen functional groups attached to an aromatic ring is 1. The average Bonchev–Trinajstić information content (AvgIpc) is 2.65. The van der Waals surface area contributed by atoms with Gasteiger partial charge in [-0.3, -0.25) is 10.1 Å². The zero-order valence-corrected chi connectivity index (χ0v) is 12.6. The van der Waals surface area contributed by atoms with Crippen molar-refractivity contribution < 1.29 is 0 Å². The molecule has 5 nitrogen and oxygen atoms in total. The van der Waals surface area contributed by atoms with Crippen molar-refractivity contribution in [1.82, 2.24) is 9.78 Å². The molecule has 0 fully saturated rings. The van der Waals surface area contributed by atoms with E-state index in [9.17, 15) is 0 Å². The van der Waals surface area contributed by atoms with Crippen LogP contribution in [0.5, 0.6) is 0 Å². The number of hydrogen-bond donors (Lipinski definition) is 2. The first kappa shape index (κ1) is 14.4. The van der Waals surface area contributed by atoms with Crippen LogP contribution in [0.1, 0.15) is 16.8 Å². The van der Waals surface area contributed by atoms with Gasteiger partial charge >= 0.3 is 0 Å². The third-order valence-electron chi connectivity index (χ3n) is 3.28. The highest BCUT2D eigenvalue weighted by Crippen LogP contribution is 2.23. The average molecular weight is 292 g/mol. The molecule has 1 heterocycles. The van der Waals surface area contributed by atoms with Crippen LogP contribution in [-0.2, 0) is 13.6 Å². The molecule has 2 rings (SSSR count). The van der Waals surface area contributed by atoms with E-state index >= 15 is 0 Å². The van der Waals surface area contributed by atoms with E-state index in [1.807, 2.05) is 45.3 Å². The van der Waals surface area contributed by atoms with Gasteiger partial charge in [0.1, 0.15) is 11.0 Å². The van der Waals surface area contributed by atoms with Gasteiger partial charge in [0.15, 0.2) is 0 Å². The Labute approximate surface area is 123 Å². The van der Waals surface area contributed by atoms with Crippen molar-refractivity contribution >= 4 is 23.1 Å². The van der Waals surface area contributed by atoms with E-state index in [-0.39, 0.29) is 5.84 Å². The molecule has 20 heavy (non-hydrogen) atoms. The summed E-state index contributed by atoms with van der Waals surface area (Å²) in [4.78, 5) is 2.08. The van der Waals surface area contributed by atoms with Crippen LogP contribution >= 0.6 is 11.6 Å². The molecule has 1 aromatic carbocycles. The SMILES string of the molecule is Cc1nn(C)c(Cl)c1CN(C)c1ccc(C(=N)N)cc1. The third kappa shape index (κ3) is 2.77. The van der Waals surface area contributed by atoms with Gasteiger partial charge in [-0.05, 0) is 31.2 Å². The lowest BCUT2D eigenvalue weighted by Gasteiger charge is -2.19. The summed E-state index contributed by atoms with van der Waals surface area (Å²) in [5, 5.41) is 12.4. The van der Waals surface area contributed by atoms with Gasteiger partial charge < -0.3 is 10.6 Å². The highest BCUT2D eigenvalue weighted by atomic mass is 35.5. The van der Waals surface area contributed by atoms with Crippen molar-refractivity contribution in [2.75, 3.05) is 11.9 Å². The molecule has 106 valence electrons. The molecule has 1 aromatic heterocycles. The number of aromatic nitrogens is 2. The number of nitrogens with zero attached hydrogens (tertiary/aromatic N) is 3. The number of amidine groups is 1. The first-order valence-electron chi connectivity index (χ1n) is 6.23. The lowest BCUT2D eigenvalue weighted by atomic mass is 10.1. The number of halogens is 1. The Hall–Kier alpha value is -2.01. The largest absolute Gasteiger partial charge is 0.384 e. The van der Waals surface area contributed by atoms with Gasteiger partial charge in [0.25, 0.3) is 0 Å². The van der Waals surface area contributed by atoms with Gasteiger partial charge in [0.05, 0.1) is 5.69 Å². The molecule has 0 amide bonds. The van der Waals surface area contributed by atoms with E-state index in [0.717, 1.165) is 22.5 Å². The molecule has 6 heteroatoms. The van der Waals surface area contributed by atoms with E-state index < -0.39 is 0 Å². The Balaban J connectivity index is 2.19. The van der Waals surface area contributed by atoms with Gasteiger partial charge in [-0.2, -0.15) is 5.10 Å². The molecule has 0 unspecified atom stereocenters. The maximum atomic E-state index is 7.39. The normalized spacial score (nSPS) is 10.6. The molecular formula is C14H18ClN5. The van der Waals surface area contributed by atoms with E-state index in [1.165, 1.54) is 0 Å². The molecule has 0 atom stereocenters. The number of benzene rings is 1. The zero-order valence-electron chi connectivity index (χ0n) is 11.8. The van der Waals surface area contributed by atoms with E-state index in [1.54, 1.807) is 4.68 Å². The Morgan fingerprint density at radius 2 is 2.00 bits per heavy atom. The van der Waals surface area contributed by atoms with Crippen molar-refractivity contribution in [1.29, 1.82) is 5.41 Å². The monoisotopic (exact) mass is 291 g/mol. The Bertz CT molecular complexity index is 630. The molecule has 0 bridgehead atoms. The molecule has 0 aliphatic rings. The second-order valence-corrected chi connectivity index (χ2v) is 5.15. The van der Waals surface area contributed by atoms with Gasteiger partial charge in [0, 0.05) is 37.5 Å². The third-order valence-corrected chi connectivity index (χ3v) is 3.76. The highest BCUT2D eigenvalue weighted by Gasteiger charge is 2.13. The summed E-state index contributed by atoms with van der Waals surface area (Å²) < 4.78 is 1.68. The van der Waals surface area contributed by atoms with Gasteiger partial charge in [-0.15, -0.1) is 0 Å². The van der Waals surface area contributed by atoms with Crippen LogP contribution in [0, 0.1) is 12.3 Å². The van der Waals surface area contributed by atoms with E-state index in [0.29, 0.717) is 11.7 Å². The quantitative estimate of drug-likeness (QED) is 0.671. The molecule has 0 saturated carbocycles. The molecule has 0 spiro atoms. The maximum Gasteiger partial charge on any atom is 0.131 e. The molecular weight excluding hydrogens is 274 g/mol. The summed E-state index contributed by atoms with van der Waals surface area (Å²) in [5.74, 6) is 0.0744. The lowest BCUT2D eigenvalue weighted by molar-refractivity contribution is 0.757. The Kier molecular flexibility index (Phi) is 3.99. The summed E-state index contributed by atoms with van der Waals surface area (Å²) in [6.45, 7) is 2.63. The molecule has 0 radical (unpaired) electrons. The van der Waals surface area contributed by atoms with Gasteiger partial charge in [0.2, 0.25) is 0 Å². The number of hydrogen-bond acceptors (Lipinski definition) is 3. The zero-order chi connectivity index (χ0) is 14.9. The van der Waals surface area contributed by atoms with Crippen molar-refractivity contribution in [3.05, 3.63) is 46.2 Å². The number of anilines is 1. The Morgan fingerprint density at radius 3 is 2.45 bits per heavy atom. The molecule has 0 aliphatic carbocycles. The number of aryl methyl sites for hydroxylation is 2. The topological polar surface area (TPSA) is 70.9 Å². The predicted octanol–water partition coefficient (Wildman–Crippen LogP) is 2.30. The molecule has 2 aromatic rings. The summed E-state index contributed by atoms with van der Waals surface area (Å²) in [6, 6.07) is 7.56. The minimum atomic E-state index is 0.0744. The smallest absolute Gasteiger partial charge is 0.131 e. The van der Waals surface area contributed by atoms with Crippen LogP contribution in [-0.4, -0.2) is 22.7 Å². The van der Waals surface area contributed by atoms with Crippen molar-refractivity contribution in [2.24, 2.45) is 12.8 Å². The fourth-order valence-corrected chi connectivity index (χ4v) is 2.31. The Morgan fingerprint density at radius 1 is 1.40 bits per heavy atom. The lowest BCUT2D eigenvalue weighted by Crippen LogP contribution is -2.17. The van der Waals surface area contributed by atoms with Crippen LogP contribution in [0.25, 0.3) is 0 Å². The fraction of sp³-hybridized carbons (Fsp3) is 0.286. The van der Waals surface area contributed by atoms with Crippen molar-refractivity contribution in [3.63, 3.8) is 0 Å². The summed E-state index contributed by atoms with van der Waals surface area (Å²) in [6.07, 6.45) is 0. The van der Waals surface area contributed by atoms with Crippen LogP contribution < -0.4 is 10.6 Å². The molecule has 0 saturated heterocycles. The summed E-state index contributed by atoms with van der Waals surface area (Å²) in [7, 11) is 3.83. The van der Waals surface area contributed by atoms with E-state index in [4.69, 9.17) is 22.7 Å². The number of nitrogens with two attached hydrogens (primary N) is 1. The second kappa shape index (κ2) is 5.54. The van der Waals surface area contributed by atoms with Crippen LogP contribution in [0.15, 0.2) is 24.3 Å². The minimum Gasteiger partial charge on any atom is -0.384 e. The number of nitrogens with one attached hydrogen (secondary N) is 1. The highest BCUT2D eigenvalue weighted by molar-refractivity contribution is 6.30. The predicted molar refractivity (Wildman–Crippen MR) is 82.5 cm³/mol.